The monoisotopic (exact) mass is 307 g/mol. The second-order valence-electron chi connectivity index (χ2n) is 4.98. The van der Waals surface area contributed by atoms with Crippen molar-refractivity contribution in [2.75, 3.05) is 32.1 Å². The number of piperidine rings is 1. The van der Waals surface area contributed by atoms with Crippen LogP contribution in [0, 0.1) is 11.3 Å². The number of likely N-dealkylation sites (N-methyl/N-ethyl adjacent to an activating group) is 1. The van der Waals surface area contributed by atoms with Crippen LogP contribution in [-0.2, 0) is 0 Å². The number of rotatable bonds is 2. The number of anilines is 1. The van der Waals surface area contributed by atoms with Crippen LogP contribution < -0.4 is 4.90 Å². The average Bonchev–Trinajstić information content (AvgIpc) is 2.39. The summed E-state index contributed by atoms with van der Waals surface area (Å²) in [5.41, 5.74) is 1.82. The lowest BCUT2D eigenvalue weighted by Gasteiger charge is -2.37. The van der Waals surface area contributed by atoms with Gasteiger partial charge in [0.2, 0.25) is 0 Å². The molecular formula is C14H18BrN3. The Morgan fingerprint density at radius 3 is 2.89 bits per heavy atom. The predicted octanol–water partition coefficient (Wildman–Crippen LogP) is 2.85. The van der Waals surface area contributed by atoms with Gasteiger partial charge >= 0.3 is 0 Å². The van der Waals surface area contributed by atoms with Gasteiger partial charge in [-0.1, -0.05) is 15.9 Å². The lowest BCUT2D eigenvalue weighted by atomic mass is 10.0. The van der Waals surface area contributed by atoms with E-state index >= 15 is 0 Å². The molecule has 0 radical (unpaired) electrons. The predicted molar refractivity (Wildman–Crippen MR) is 77.8 cm³/mol. The minimum Gasteiger partial charge on any atom is -0.369 e. The van der Waals surface area contributed by atoms with Crippen molar-refractivity contribution in [2.24, 2.45) is 0 Å². The molecule has 0 amide bonds. The number of halogens is 1. The molecule has 0 aromatic heterocycles. The lowest BCUT2D eigenvalue weighted by molar-refractivity contribution is 0.258. The fourth-order valence-electron chi connectivity index (χ4n) is 2.46. The van der Waals surface area contributed by atoms with Gasteiger partial charge in [-0.2, -0.15) is 5.26 Å². The molecule has 1 fully saturated rings. The van der Waals surface area contributed by atoms with Crippen molar-refractivity contribution in [3.05, 3.63) is 28.2 Å². The summed E-state index contributed by atoms with van der Waals surface area (Å²) >= 11 is 3.49. The first-order valence-corrected chi connectivity index (χ1v) is 7.02. The van der Waals surface area contributed by atoms with Gasteiger partial charge in [-0.15, -0.1) is 0 Å². The van der Waals surface area contributed by atoms with Gasteiger partial charge in [0.25, 0.3) is 0 Å². The minimum atomic E-state index is 0.573. The highest BCUT2D eigenvalue weighted by Crippen LogP contribution is 2.28. The molecule has 3 nitrogen and oxygen atoms in total. The minimum absolute atomic E-state index is 0.573. The topological polar surface area (TPSA) is 30.3 Å². The molecule has 1 aromatic rings. The highest BCUT2D eigenvalue weighted by Gasteiger charge is 2.23. The summed E-state index contributed by atoms with van der Waals surface area (Å²) in [5, 5.41) is 9.21. The van der Waals surface area contributed by atoms with E-state index in [2.05, 4.69) is 52.0 Å². The summed E-state index contributed by atoms with van der Waals surface area (Å²) in [5.74, 6) is 0. The summed E-state index contributed by atoms with van der Waals surface area (Å²) < 4.78 is 1.03. The third kappa shape index (κ3) is 2.85. The van der Waals surface area contributed by atoms with Gasteiger partial charge in [0.05, 0.1) is 11.3 Å². The van der Waals surface area contributed by atoms with Crippen molar-refractivity contribution in [1.29, 1.82) is 5.26 Å². The van der Waals surface area contributed by atoms with E-state index < -0.39 is 0 Å². The molecule has 2 rings (SSSR count). The Balaban J connectivity index is 2.25. The van der Waals surface area contributed by atoms with Gasteiger partial charge in [-0.05, 0) is 45.1 Å². The van der Waals surface area contributed by atoms with Gasteiger partial charge in [-0.3, -0.25) is 0 Å². The van der Waals surface area contributed by atoms with Crippen molar-refractivity contribution >= 4 is 21.6 Å². The van der Waals surface area contributed by atoms with E-state index in [1.165, 1.54) is 12.8 Å². The van der Waals surface area contributed by atoms with Crippen molar-refractivity contribution in [2.45, 2.75) is 18.9 Å². The standard InChI is InChI=1S/C14H18BrN3/c1-17(2)13-4-3-7-18(10-13)14-8-12(15)6-5-11(14)9-16/h5-6,8,13H,3-4,7,10H2,1-2H3. The molecule has 0 aliphatic carbocycles. The molecule has 1 saturated heterocycles. The molecule has 0 N–H and O–H groups in total. The highest BCUT2D eigenvalue weighted by atomic mass is 79.9. The molecule has 1 aliphatic heterocycles. The maximum absolute atomic E-state index is 9.21. The molecule has 18 heavy (non-hydrogen) atoms. The van der Waals surface area contributed by atoms with Crippen LogP contribution in [0.3, 0.4) is 0 Å². The fraction of sp³-hybridized carbons (Fsp3) is 0.500. The number of nitriles is 1. The zero-order chi connectivity index (χ0) is 13.1. The highest BCUT2D eigenvalue weighted by molar-refractivity contribution is 9.10. The Hall–Kier alpha value is -1.05. The van der Waals surface area contributed by atoms with E-state index in [4.69, 9.17) is 0 Å². The van der Waals surface area contributed by atoms with Crippen LogP contribution in [-0.4, -0.2) is 38.1 Å². The molecule has 1 atom stereocenters. The van der Waals surface area contributed by atoms with E-state index in [9.17, 15) is 5.26 Å². The molecule has 0 bridgehead atoms. The average molecular weight is 308 g/mol. The molecular weight excluding hydrogens is 290 g/mol. The van der Waals surface area contributed by atoms with Crippen LogP contribution in [0.1, 0.15) is 18.4 Å². The Labute approximate surface area is 117 Å². The summed E-state index contributed by atoms with van der Waals surface area (Å²) in [7, 11) is 4.25. The zero-order valence-electron chi connectivity index (χ0n) is 10.9. The summed E-state index contributed by atoms with van der Waals surface area (Å²) in [6.07, 6.45) is 2.42. The summed E-state index contributed by atoms with van der Waals surface area (Å²) in [6, 6.07) is 8.73. The largest absolute Gasteiger partial charge is 0.369 e. The third-order valence-electron chi connectivity index (χ3n) is 3.55. The first kappa shape index (κ1) is 13.4. The molecule has 1 aliphatic rings. The fourth-order valence-corrected chi connectivity index (χ4v) is 2.81. The SMILES string of the molecule is CN(C)C1CCCN(c2cc(Br)ccc2C#N)C1. The van der Waals surface area contributed by atoms with Crippen molar-refractivity contribution in [1.82, 2.24) is 4.90 Å². The Bertz CT molecular complexity index is 465. The van der Waals surface area contributed by atoms with Crippen LogP contribution in [0.4, 0.5) is 5.69 Å². The second-order valence-corrected chi connectivity index (χ2v) is 5.89. The van der Waals surface area contributed by atoms with Crippen LogP contribution in [0.25, 0.3) is 0 Å². The summed E-state index contributed by atoms with van der Waals surface area (Å²) in [6.45, 7) is 2.04. The summed E-state index contributed by atoms with van der Waals surface area (Å²) in [4.78, 5) is 4.60. The molecule has 0 spiro atoms. The van der Waals surface area contributed by atoms with E-state index in [0.717, 1.165) is 28.8 Å². The van der Waals surface area contributed by atoms with E-state index in [1.807, 2.05) is 12.1 Å². The molecule has 4 heteroatoms. The van der Waals surface area contributed by atoms with E-state index in [-0.39, 0.29) is 0 Å². The molecule has 1 aromatic carbocycles. The Morgan fingerprint density at radius 2 is 2.22 bits per heavy atom. The van der Waals surface area contributed by atoms with Gasteiger partial charge in [0.1, 0.15) is 6.07 Å². The van der Waals surface area contributed by atoms with Gasteiger partial charge in [-0.25, -0.2) is 0 Å². The first-order chi connectivity index (χ1) is 8.61. The van der Waals surface area contributed by atoms with E-state index in [1.54, 1.807) is 0 Å². The van der Waals surface area contributed by atoms with Crippen molar-refractivity contribution in [3.63, 3.8) is 0 Å². The number of benzene rings is 1. The number of nitrogens with zero attached hydrogens (tertiary/aromatic N) is 3. The van der Waals surface area contributed by atoms with Crippen molar-refractivity contribution in [3.8, 4) is 6.07 Å². The van der Waals surface area contributed by atoms with Gasteiger partial charge in [0, 0.05) is 23.6 Å². The second kappa shape index (κ2) is 5.73. The first-order valence-electron chi connectivity index (χ1n) is 6.23. The van der Waals surface area contributed by atoms with Crippen LogP contribution in [0.15, 0.2) is 22.7 Å². The third-order valence-corrected chi connectivity index (χ3v) is 4.04. The molecule has 1 heterocycles. The van der Waals surface area contributed by atoms with E-state index in [0.29, 0.717) is 6.04 Å². The maximum atomic E-state index is 9.21. The lowest BCUT2D eigenvalue weighted by Crippen LogP contribution is -2.45. The zero-order valence-corrected chi connectivity index (χ0v) is 12.4. The molecule has 96 valence electrons. The van der Waals surface area contributed by atoms with Crippen LogP contribution in [0.5, 0.6) is 0 Å². The normalized spacial score (nSPS) is 19.9. The van der Waals surface area contributed by atoms with Crippen molar-refractivity contribution < 1.29 is 0 Å². The number of hydrogen-bond donors (Lipinski definition) is 0. The quantitative estimate of drug-likeness (QED) is 0.841. The molecule has 0 saturated carbocycles. The molecule has 1 unspecified atom stereocenters. The smallest absolute Gasteiger partial charge is 0.101 e. The maximum Gasteiger partial charge on any atom is 0.101 e. The van der Waals surface area contributed by atoms with Gasteiger partial charge < -0.3 is 9.80 Å². The van der Waals surface area contributed by atoms with Gasteiger partial charge in [0.15, 0.2) is 0 Å². The van der Waals surface area contributed by atoms with Crippen LogP contribution >= 0.6 is 15.9 Å². The number of hydrogen-bond acceptors (Lipinski definition) is 3. The van der Waals surface area contributed by atoms with Crippen LogP contribution in [0.2, 0.25) is 0 Å². The Kier molecular flexibility index (Phi) is 4.26. The Morgan fingerprint density at radius 1 is 1.44 bits per heavy atom.